The van der Waals surface area contributed by atoms with E-state index in [0.29, 0.717) is 0 Å². The highest BCUT2D eigenvalue weighted by atomic mass is 16.4. The molecule has 0 heterocycles. The first-order valence-corrected chi connectivity index (χ1v) is 5.24. The van der Waals surface area contributed by atoms with Crippen molar-refractivity contribution in [1.82, 2.24) is 0 Å². The Bertz CT molecular complexity index is 347. The van der Waals surface area contributed by atoms with E-state index < -0.39 is 11.9 Å². The minimum atomic E-state index is -0.734. The maximum atomic E-state index is 11.2. The third-order valence-electron chi connectivity index (χ3n) is 2.79. The van der Waals surface area contributed by atoms with Gasteiger partial charge in [-0.1, -0.05) is 32.0 Å². The van der Waals surface area contributed by atoms with Gasteiger partial charge in [-0.25, -0.2) is 0 Å². The first-order valence-electron chi connectivity index (χ1n) is 5.24. The van der Waals surface area contributed by atoms with Crippen LogP contribution in [0.5, 0.6) is 0 Å². The van der Waals surface area contributed by atoms with Gasteiger partial charge in [-0.3, -0.25) is 4.79 Å². The van der Waals surface area contributed by atoms with E-state index in [4.69, 9.17) is 0 Å². The van der Waals surface area contributed by atoms with Crippen molar-refractivity contribution in [3.8, 4) is 0 Å². The number of rotatable bonds is 3. The molecule has 0 aromatic heterocycles. The minimum Gasteiger partial charge on any atom is -0.481 e. The SMILES string of the molecule is Cc1cccc(C)c1C(C(=O)O)C(C)C. The van der Waals surface area contributed by atoms with Gasteiger partial charge in [-0.05, 0) is 36.5 Å². The van der Waals surface area contributed by atoms with E-state index in [0.717, 1.165) is 16.7 Å². The molecular formula is C13H18O2. The molecule has 82 valence electrons. The molecule has 2 nitrogen and oxygen atoms in total. The molecule has 0 aliphatic carbocycles. The van der Waals surface area contributed by atoms with Crippen molar-refractivity contribution < 1.29 is 9.90 Å². The molecule has 1 unspecified atom stereocenters. The predicted octanol–water partition coefficient (Wildman–Crippen LogP) is 3.13. The Morgan fingerprint density at radius 3 is 2.00 bits per heavy atom. The van der Waals surface area contributed by atoms with Crippen LogP contribution in [0.2, 0.25) is 0 Å². The highest BCUT2D eigenvalue weighted by Crippen LogP contribution is 2.29. The smallest absolute Gasteiger partial charge is 0.311 e. The molecule has 0 spiro atoms. The fourth-order valence-electron chi connectivity index (χ4n) is 2.06. The topological polar surface area (TPSA) is 37.3 Å². The lowest BCUT2D eigenvalue weighted by Crippen LogP contribution is -2.19. The van der Waals surface area contributed by atoms with Crippen molar-refractivity contribution in [2.45, 2.75) is 33.6 Å². The Morgan fingerprint density at radius 2 is 1.67 bits per heavy atom. The normalized spacial score (nSPS) is 12.9. The molecule has 0 saturated carbocycles. The van der Waals surface area contributed by atoms with Gasteiger partial charge in [0.15, 0.2) is 0 Å². The van der Waals surface area contributed by atoms with Crippen LogP contribution in [0.4, 0.5) is 0 Å². The number of benzene rings is 1. The van der Waals surface area contributed by atoms with Crippen LogP contribution in [0.25, 0.3) is 0 Å². The second kappa shape index (κ2) is 4.47. The monoisotopic (exact) mass is 206 g/mol. The van der Waals surface area contributed by atoms with Gasteiger partial charge in [0.05, 0.1) is 5.92 Å². The largest absolute Gasteiger partial charge is 0.481 e. The number of aliphatic carboxylic acids is 1. The zero-order valence-corrected chi connectivity index (χ0v) is 9.74. The van der Waals surface area contributed by atoms with Crippen LogP contribution in [0.3, 0.4) is 0 Å². The van der Waals surface area contributed by atoms with Crippen LogP contribution in [0.15, 0.2) is 18.2 Å². The van der Waals surface area contributed by atoms with Crippen LogP contribution < -0.4 is 0 Å². The molecule has 2 heteroatoms. The third-order valence-corrected chi connectivity index (χ3v) is 2.79. The van der Waals surface area contributed by atoms with E-state index in [1.54, 1.807) is 0 Å². The minimum absolute atomic E-state index is 0.113. The molecule has 0 fully saturated rings. The summed E-state index contributed by atoms with van der Waals surface area (Å²) in [6, 6.07) is 5.91. The highest BCUT2D eigenvalue weighted by molar-refractivity contribution is 5.77. The molecule has 0 radical (unpaired) electrons. The number of carbonyl (C=O) groups is 1. The Labute approximate surface area is 90.9 Å². The van der Waals surface area contributed by atoms with Gasteiger partial charge in [0, 0.05) is 0 Å². The zero-order chi connectivity index (χ0) is 11.6. The highest BCUT2D eigenvalue weighted by Gasteiger charge is 2.26. The number of hydrogen-bond acceptors (Lipinski definition) is 1. The van der Waals surface area contributed by atoms with Crippen LogP contribution in [-0.4, -0.2) is 11.1 Å². The van der Waals surface area contributed by atoms with E-state index in [1.807, 2.05) is 45.9 Å². The molecule has 15 heavy (non-hydrogen) atoms. The molecule has 1 rings (SSSR count). The summed E-state index contributed by atoms with van der Waals surface area (Å²) in [5, 5.41) is 9.25. The lowest BCUT2D eigenvalue weighted by atomic mass is 9.83. The molecule has 1 atom stereocenters. The van der Waals surface area contributed by atoms with Crippen molar-refractivity contribution >= 4 is 5.97 Å². The van der Waals surface area contributed by atoms with Crippen molar-refractivity contribution in [2.75, 3.05) is 0 Å². The van der Waals surface area contributed by atoms with Crippen molar-refractivity contribution in [3.05, 3.63) is 34.9 Å². The fourth-order valence-corrected chi connectivity index (χ4v) is 2.06. The number of carboxylic acids is 1. The Morgan fingerprint density at radius 1 is 1.20 bits per heavy atom. The summed E-state index contributed by atoms with van der Waals surface area (Å²) in [6.45, 7) is 7.84. The molecule has 0 aliphatic rings. The van der Waals surface area contributed by atoms with Crippen LogP contribution in [-0.2, 0) is 4.79 Å². The first-order chi connectivity index (χ1) is 6.95. The molecule has 0 aliphatic heterocycles. The summed E-state index contributed by atoms with van der Waals surface area (Å²) < 4.78 is 0. The molecular weight excluding hydrogens is 188 g/mol. The van der Waals surface area contributed by atoms with Gasteiger partial charge in [0.1, 0.15) is 0 Å². The number of carboxylic acid groups (broad SMARTS) is 1. The molecule has 1 aromatic carbocycles. The van der Waals surface area contributed by atoms with E-state index >= 15 is 0 Å². The van der Waals surface area contributed by atoms with Crippen LogP contribution >= 0.6 is 0 Å². The van der Waals surface area contributed by atoms with Gasteiger partial charge in [0.25, 0.3) is 0 Å². The van der Waals surface area contributed by atoms with Gasteiger partial charge in [0.2, 0.25) is 0 Å². The maximum Gasteiger partial charge on any atom is 0.311 e. The summed E-state index contributed by atoms with van der Waals surface area (Å²) in [5.41, 5.74) is 3.10. The summed E-state index contributed by atoms with van der Waals surface area (Å²) in [4.78, 5) is 11.2. The Kier molecular flexibility index (Phi) is 3.51. The van der Waals surface area contributed by atoms with E-state index in [9.17, 15) is 9.90 Å². The summed E-state index contributed by atoms with van der Waals surface area (Å²) in [6.07, 6.45) is 0. The van der Waals surface area contributed by atoms with E-state index in [2.05, 4.69) is 0 Å². The fraction of sp³-hybridized carbons (Fsp3) is 0.462. The summed E-state index contributed by atoms with van der Waals surface area (Å²) in [7, 11) is 0. The van der Waals surface area contributed by atoms with Gasteiger partial charge in [-0.2, -0.15) is 0 Å². The Balaban J connectivity index is 3.28. The number of hydrogen-bond donors (Lipinski definition) is 1. The Hall–Kier alpha value is -1.31. The van der Waals surface area contributed by atoms with E-state index in [-0.39, 0.29) is 5.92 Å². The summed E-state index contributed by atoms with van der Waals surface area (Å²) in [5.74, 6) is -1.02. The van der Waals surface area contributed by atoms with Crippen molar-refractivity contribution in [1.29, 1.82) is 0 Å². The molecule has 0 bridgehead atoms. The lowest BCUT2D eigenvalue weighted by molar-refractivity contribution is -0.139. The third kappa shape index (κ3) is 2.38. The molecule has 1 aromatic rings. The average molecular weight is 206 g/mol. The molecule has 1 N–H and O–H groups in total. The lowest BCUT2D eigenvalue weighted by Gasteiger charge is -2.20. The quantitative estimate of drug-likeness (QED) is 0.825. The standard InChI is InChI=1S/C13H18O2/c1-8(2)11(13(14)15)12-9(3)6-5-7-10(12)4/h5-8,11H,1-4H3,(H,14,15). The first kappa shape index (κ1) is 11.8. The van der Waals surface area contributed by atoms with E-state index in [1.165, 1.54) is 0 Å². The summed E-state index contributed by atoms with van der Waals surface area (Å²) >= 11 is 0. The predicted molar refractivity (Wildman–Crippen MR) is 61.1 cm³/mol. The maximum absolute atomic E-state index is 11.2. The van der Waals surface area contributed by atoms with Crippen LogP contribution in [0, 0.1) is 19.8 Å². The second-order valence-electron chi connectivity index (χ2n) is 4.37. The van der Waals surface area contributed by atoms with Gasteiger partial charge < -0.3 is 5.11 Å². The van der Waals surface area contributed by atoms with Crippen LogP contribution in [0.1, 0.15) is 36.5 Å². The molecule has 0 amide bonds. The zero-order valence-electron chi connectivity index (χ0n) is 9.74. The van der Waals surface area contributed by atoms with Gasteiger partial charge >= 0.3 is 5.97 Å². The number of aryl methyl sites for hydroxylation is 2. The molecule has 0 saturated heterocycles. The van der Waals surface area contributed by atoms with Crippen molar-refractivity contribution in [2.24, 2.45) is 5.92 Å². The second-order valence-corrected chi connectivity index (χ2v) is 4.37. The average Bonchev–Trinajstić information content (AvgIpc) is 2.09. The van der Waals surface area contributed by atoms with Gasteiger partial charge in [-0.15, -0.1) is 0 Å². The van der Waals surface area contributed by atoms with Crippen molar-refractivity contribution in [3.63, 3.8) is 0 Å².